The van der Waals surface area contributed by atoms with Crippen LogP contribution in [0.3, 0.4) is 0 Å². The predicted molar refractivity (Wildman–Crippen MR) is 60.7 cm³/mol. The number of hydrogen-bond donors (Lipinski definition) is 1. The van der Waals surface area contributed by atoms with Gasteiger partial charge in [-0.1, -0.05) is 38.4 Å². The van der Waals surface area contributed by atoms with Crippen molar-refractivity contribution >= 4 is 11.6 Å². The van der Waals surface area contributed by atoms with Gasteiger partial charge in [-0.2, -0.15) is 0 Å². The summed E-state index contributed by atoms with van der Waals surface area (Å²) in [5, 5.41) is 10.3. The van der Waals surface area contributed by atoms with E-state index < -0.39 is 6.10 Å². The molecule has 0 saturated carbocycles. The van der Waals surface area contributed by atoms with Crippen LogP contribution in [-0.4, -0.2) is 11.2 Å². The Morgan fingerprint density at radius 1 is 1.27 bits per heavy atom. The lowest BCUT2D eigenvalue weighted by Crippen LogP contribution is -2.22. The Balaban J connectivity index is 2.96. The second kappa shape index (κ2) is 4.95. The van der Waals surface area contributed by atoms with E-state index in [2.05, 4.69) is 0 Å². The number of rotatable bonds is 3. The zero-order valence-electron chi connectivity index (χ0n) is 9.17. The van der Waals surface area contributed by atoms with Gasteiger partial charge in [0.2, 0.25) is 0 Å². The van der Waals surface area contributed by atoms with Crippen LogP contribution in [0.4, 0.5) is 4.39 Å². The van der Waals surface area contributed by atoms with Gasteiger partial charge in [0, 0.05) is 10.9 Å². The zero-order chi connectivity index (χ0) is 11.6. The third-order valence-electron chi connectivity index (χ3n) is 2.65. The Hall–Kier alpha value is -0.600. The average molecular weight is 231 g/mol. The molecule has 2 unspecified atom stereocenters. The Morgan fingerprint density at radius 2 is 1.87 bits per heavy atom. The molecule has 1 N–H and O–H groups in total. The van der Waals surface area contributed by atoms with Crippen LogP contribution in [0, 0.1) is 11.7 Å². The van der Waals surface area contributed by atoms with Crippen molar-refractivity contribution in [2.24, 2.45) is 5.92 Å². The van der Waals surface area contributed by atoms with Gasteiger partial charge in [-0.15, -0.1) is 0 Å². The minimum absolute atomic E-state index is 0.0851. The molecule has 0 fully saturated rings. The first-order chi connectivity index (χ1) is 6.93. The Labute approximate surface area is 94.9 Å². The van der Waals surface area contributed by atoms with Gasteiger partial charge >= 0.3 is 0 Å². The van der Waals surface area contributed by atoms with Crippen molar-refractivity contribution in [3.05, 3.63) is 34.6 Å². The lowest BCUT2D eigenvalue weighted by molar-refractivity contribution is 0.102. The van der Waals surface area contributed by atoms with Gasteiger partial charge in [0.25, 0.3) is 0 Å². The molecule has 15 heavy (non-hydrogen) atoms. The van der Waals surface area contributed by atoms with Gasteiger partial charge in [-0.3, -0.25) is 0 Å². The van der Waals surface area contributed by atoms with Crippen molar-refractivity contribution in [1.82, 2.24) is 0 Å². The summed E-state index contributed by atoms with van der Waals surface area (Å²) < 4.78 is 12.8. The van der Waals surface area contributed by atoms with Crippen molar-refractivity contribution in [3.8, 4) is 0 Å². The maximum absolute atomic E-state index is 12.8. The molecule has 0 aromatic heterocycles. The molecule has 1 nitrogen and oxygen atoms in total. The van der Waals surface area contributed by atoms with Crippen LogP contribution in [0.2, 0.25) is 5.02 Å². The lowest BCUT2D eigenvalue weighted by atomic mass is 9.89. The molecule has 0 heterocycles. The normalized spacial score (nSPS) is 15.4. The predicted octanol–water partition coefficient (Wildman–Crippen LogP) is 3.60. The van der Waals surface area contributed by atoms with E-state index in [-0.39, 0.29) is 17.7 Å². The van der Waals surface area contributed by atoms with E-state index in [4.69, 9.17) is 11.6 Å². The van der Waals surface area contributed by atoms with Crippen LogP contribution in [0.1, 0.15) is 32.3 Å². The highest BCUT2D eigenvalue weighted by Gasteiger charge is 2.21. The fraction of sp³-hybridized carbons (Fsp3) is 0.500. The van der Waals surface area contributed by atoms with Crippen molar-refractivity contribution in [2.75, 3.05) is 0 Å². The molecule has 0 aliphatic rings. The third-order valence-corrected chi connectivity index (χ3v) is 2.98. The van der Waals surface area contributed by atoms with Crippen molar-refractivity contribution < 1.29 is 9.50 Å². The number of aliphatic hydroxyl groups excluding tert-OH is 1. The summed E-state index contributed by atoms with van der Waals surface area (Å²) in [6.07, 6.45) is -0.465. The average Bonchev–Trinajstić information content (AvgIpc) is 2.15. The zero-order valence-corrected chi connectivity index (χ0v) is 9.92. The summed E-state index contributed by atoms with van der Waals surface area (Å²) in [7, 11) is 0. The molecule has 0 spiro atoms. The van der Waals surface area contributed by atoms with E-state index in [1.165, 1.54) is 12.1 Å². The van der Waals surface area contributed by atoms with Gasteiger partial charge in [0.15, 0.2) is 0 Å². The van der Waals surface area contributed by atoms with Gasteiger partial charge in [0.1, 0.15) is 5.82 Å². The second-order valence-electron chi connectivity index (χ2n) is 4.19. The number of hydrogen-bond acceptors (Lipinski definition) is 1. The molecule has 0 aliphatic heterocycles. The molecule has 1 rings (SSSR count). The minimum Gasteiger partial charge on any atom is -0.392 e. The topological polar surface area (TPSA) is 20.2 Å². The molecule has 1 aromatic carbocycles. The highest BCUT2D eigenvalue weighted by Crippen LogP contribution is 2.29. The smallest absolute Gasteiger partial charge is 0.124 e. The number of benzene rings is 1. The van der Waals surface area contributed by atoms with Crippen LogP contribution in [0.5, 0.6) is 0 Å². The summed E-state index contributed by atoms with van der Waals surface area (Å²) in [5.41, 5.74) is 0.791. The summed E-state index contributed by atoms with van der Waals surface area (Å²) >= 11 is 5.92. The summed E-state index contributed by atoms with van der Waals surface area (Å²) in [6.45, 7) is 5.78. The molecule has 0 bridgehead atoms. The Morgan fingerprint density at radius 3 is 2.33 bits per heavy atom. The van der Waals surface area contributed by atoms with E-state index in [1.54, 1.807) is 6.07 Å². The maximum atomic E-state index is 12.8. The minimum atomic E-state index is -0.465. The lowest BCUT2D eigenvalue weighted by Gasteiger charge is -2.23. The van der Waals surface area contributed by atoms with E-state index in [0.717, 1.165) is 5.56 Å². The third kappa shape index (κ3) is 2.93. The van der Waals surface area contributed by atoms with Crippen LogP contribution in [0.15, 0.2) is 18.2 Å². The number of halogens is 2. The van der Waals surface area contributed by atoms with Crippen LogP contribution >= 0.6 is 11.6 Å². The number of aliphatic hydroxyl groups is 1. The van der Waals surface area contributed by atoms with Gasteiger partial charge < -0.3 is 5.11 Å². The van der Waals surface area contributed by atoms with E-state index in [1.807, 2.05) is 20.8 Å². The van der Waals surface area contributed by atoms with Gasteiger partial charge in [-0.25, -0.2) is 4.39 Å². The fourth-order valence-corrected chi connectivity index (χ4v) is 1.97. The van der Waals surface area contributed by atoms with Crippen molar-refractivity contribution in [3.63, 3.8) is 0 Å². The Kier molecular flexibility index (Phi) is 4.12. The van der Waals surface area contributed by atoms with Crippen LogP contribution < -0.4 is 0 Å². The molecule has 1 aromatic rings. The SMILES string of the molecule is CC(C)C(O)C(C)c1ccc(F)cc1Cl. The maximum Gasteiger partial charge on any atom is 0.124 e. The van der Waals surface area contributed by atoms with Gasteiger partial charge in [0.05, 0.1) is 6.10 Å². The first kappa shape index (κ1) is 12.5. The summed E-state index contributed by atoms with van der Waals surface area (Å²) in [6, 6.07) is 4.28. The van der Waals surface area contributed by atoms with Crippen LogP contribution in [0.25, 0.3) is 0 Å². The molecule has 3 heteroatoms. The first-order valence-corrected chi connectivity index (χ1v) is 5.44. The molecule has 0 amide bonds. The molecule has 0 aliphatic carbocycles. The highest BCUT2D eigenvalue weighted by atomic mass is 35.5. The molecule has 84 valence electrons. The van der Waals surface area contributed by atoms with E-state index in [0.29, 0.717) is 5.02 Å². The standard InChI is InChI=1S/C12H16ClFO/c1-7(2)12(15)8(3)10-5-4-9(14)6-11(10)13/h4-8,12,15H,1-3H3. The summed E-state index contributed by atoms with van der Waals surface area (Å²) in [5.74, 6) is -0.283. The molecule has 2 atom stereocenters. The highest BCUT2D eigenvalue weighted by molar-refractivity contribution is 6.31. The molecular formula is C12H16ClFO. The molecule has 0 saturated heterocycles. The van der Waals surface area contributed by atoms with Crippen LogP contribution in [-0.2, 0) is 0 Å². The Bertz CT molecular complexity index is 338. The second-order valence-corrected chi connectivity index (χ2v) is 4.60. The fourth-order valence-electron chi connectivity index (χ4n) is 1.63. The molecular weight excluding hydrogens is 215 g/mol. The van der Waals surface area contributed by atoms with E-state index >= 15 is 0 Å². The monoisotopic (exact) mass is 230 g/mol. The van der Waals surface area contributed by atoms with Crippen molar-refractivity contribution in [1.29, 1.82) is 0 Å². The van der Waals surface area contributed by atoms with Gasteiger partial charge in [-0.05, 0) is 23.6 Å². The van der Waals surface area contributed by atoms with E-state index in [9.17, 15) is 9.50 Å². The largest absolute Gasteiger partial charge is 0.392 e. The molecule has 0 radical (unpaired) electrons. The quantitative estimate of drug-likeness (QED) is 0.841. The van der Waals surface area contributed by atoms with Crippen molar-refractivity contribution in [2.45, 2.75) is 32.8 Å². The summed E-state index contributed by atoms with van der Waals surface area (Å²) in [4.78, 5) is 0. The first-order valence-electron chi connectivity index (χ1n) is 5.06.